The van der Waals surface area contributed by atoms with Gasteiger partial charge in [0.2, 0.25) is 0 Å². The summed E-state index contributed by atoms with van der Waals surface area (Å²) in [4.78, 5) is 23.4. The average molecular weight is 356 g/mol. The molecule has 0 fully saturated rings. The number of hydrogen-bond donors (Lipinski definition) is 2. The molecule has 2 rings (SSSR count). The smallest absolute Gasteiger partial charge is 0.331 e. The van der Waals surface area contributed by atoms with Gasteiger partial charge in [-0.2, -0.15) is 5.10 Å². The van der Waals surface area contributed by atoms with Crippen molar-refractivity contribution in [2.75, 3.05) is 0 Å². The topological polar surface area (TPSA) is 84.2 Å². The van der Waals surface area contributed by atoms with Crippen LogP contribution >= 0.6 is 15.9 Å². The van der Waals surface area contributed by atoms with Gasteiger partial charge in [0.15, 0.2) is 6.04 Å². The van der Waals surface area contributed by atoms with Crippen LogP contribution in [-0.4, -0.2) is 26.8 Å². The van der Waals surface area contributed by atoms with Gasteiger partial charge in [-0.3, -0.25) is 9.48 Å². The summed E-state index contributed by atoms with van der Waals surface area (Å²) in [5, 5.41) is 15.3. The highest BCUT2D eigenvalue weighted by atomic mass is 79.9. The highest BCUT2D eigenvalue weighted by molar-refractivity contribution is 9.10. The Bertz CT molecular complexity index is 681. The molecule has 0 aliphatic rings. The third-order valence-electron chi connectivity index (χ3n) is 2.77. The third kappa shape index (κ3) is 3.27. The quantitative estimate of drug-likeness (QED) is 0.876. The Labute approximate surface area is 127 Å². The van der Waals surface area contributed by atoms with E-state index in [-0.39, 0.29) is 10.0 Å². The van der Waals surface area contributed by atoms with Gasteiger partial charge in [0.25, 0.3) is 5.91 Å². The van der Waals surface area contributed by atoms with Crippen molar-refractivity contribution in [2.45, 2.75) is 6.04 Å². The molecule has 1 amide bonds. The summed E-state index contributed by atoms with van der Waals surface area (Å²) in [6, 6.07) is 2.75. The van der Waals surface area contributed by atoms with E-state index in [9.17, 15) is 19.1 Å². The van der Waals surface area contributed by atoms with Gasteiger partial charge in [0.1, 0.15) is 5.82 Å². The van der Waals surface area contributed by atoms with Crippen molar-refractivity contribution < 1.29 is 19.1 Å². The molecule has 1 aromatic heterocycles. The van der Waals surface area contributed by atoms with E-state index in [1.165, 1.54) is 29.2 Å². The molecule has 110 valence electrons. The van der Waals surface area contributed by atoms with Gasteiger partial charge < -0.3 is 10.4 Å². The fourth-order valence-electron chi connectivity index (χ4n) is 1.79. The Morgan fingerprint density at radius 3 is 2.71 bits per heavy atom. The third-order valence-corrected chi connectivity index (χ3v) is 3.43. The monoisotopic (exact) mass is 355 g/mol. The lowest BCUT2D eigenvalue weighted by atomic mass is 10.1. The molecule has 0 spiro atoms. The van der Waals surface area contributed by atoms with Crippen LogP contribution in [-0.2, 0) is 11.8 Å². The maximum absolute atomic E-state index is 13.7. The number of halogens is 2. The summed E-state index contributed by atoms with van der Waals surface area (Å²) in [5.41, 5.74) is 0.0541. The molecule has 0 saturated heterocycles. The zero-order chi connectivity index (χ0) is 15.6. The zero-order valence-corrected chi connectivity index (χ0v) is 12.5. The summed E-state index contributed by atoms with van der Waals surface area (Å²) in [5.74, 6) is -2.82. The minimum atomic E-state index is -1.31. The first kappa shape index (κ1) is 15.2. The van der Waals surface area contributed by atoms with Crippen molar-refractivity contribution >= 4 is 27.8 Å². The molecule has 0 radical (unpaired) electrons. The molecule has 1 aromatic carbocycles. The summed E-state index contributed by atoms with van der Waals surface area (Å²) in [7, 11) is 1.62. The maximum atomic E-state index is 13.7. The first-order chi connectivity index (χ1) is 9.90. The number of aliphatic carboxylic acids is 1. The van der Waals surface area contributed by atoms with E-state index in [0.717, 1.165) is 6.07 Å². The molecular weight excluding hydrogens is 345 g/mol. The van der Waals surface area contributed by atoms with Crippen LogP contribution in [0.1, 0.15) is 22.0 Å². The second-order valence-electron chi connectivity index (χ2n) is 4.29. The number of aromatic nitrogens is 2. The number of aryl methyl sites for hydroxylation is 1. The molecule has 0 saturated carbocycles. The minimum Gasteiger partial charge on any atom is -0.479 e. The summed E-state index contributed by atoms with van der Waals surface area (Å²) in [6.07, 6.45) is 2.80. The molecule has 8 heteroatoms. The number of carbonyl (C=O) groups is 2. The molecule has 0 aliphatic heterocycles. The molecule has 1 atom stereocenters. The van der Waals surface area contributed by atoms with E-state index < -0.39 is 23.7 Å². The van der Waals surface area contributed by atoms with Gasteiger partial charge in [-0.05, 0) is 28.1 Å². The van der Waals surface area contributed by atoms with E-state index in [4.69, 9.17) is 0 Å². The van der Waals surface area contributed by atoms with Crippen molar-refractivity contribution in [3.8, 4) is 0 Å². The maximum Gasteiger partial charge on any atom is 0.331 e. The number of hydrogen-bond acceptors (Lipinski definition) is 3. The van der Waals surface area contributed by atoms with E-state index in [1.807, 2.05) is 0 Å². The fourth-order valence-corrected chi connectivity index (χ4v) is 2.32. The van der Waals surface area contributed by atoms with Crippen LogP contribution < -0.4 is 5.32 Å². The first-order valence-corrected chi connectivity index (χ1v) is 6.65. The predicted octanol–water partition coefficient (Wildman–Crippen LogP) is 1.88. The Balaban J connectivity index is 2.29. The predicted molar refractivity (Wildman–Crippen MR) is 75.2 cm³/mol. The Morgan fingerprint density at radius 2 is 2.19 bits per heavy atom. The number of benzene rings is 1. The number of amides is 1. The van der Waals surface area contributed by atoms with Crippen molar-refractivity contribution in [3.63, 3.8) is 0 Å². The van der Waals surface area contributed by atoms with Gasteiger partial charge in [-0.15, -0.1) is 0 Å². The number of rotatable bonds is 4. The summed E-state index contributed by atoms with van der Waals surface area (Å²) in [6.45, 7) is 0. The molecule has 1 unspecified atom stereocenters. The first-order valence-electron chi connectivity index (χ1n) is 5.86. The second-order valence-corrected chi connectivity index (χ2v) is 5.14. The second kappa shape index (κ2) is 6.04. The Morgan fingerprint density at radius 1 is 1.48 bits per heavy atom. The molecule has 0 aliphatic carbocycles. The average Bonchev–Trinajstić information content (AvgIpc) is 2.81. The molecule has 2 aromatic rings. The SMILES string of the molecule is Cn1cc(C(NC(=O)c2c(F)cccc2Br)C(=O)O)cn1. The highest BCUT2D eigenvalue weighted by Gasteiger charge is 2.26. The van der Waals surface area contributed by atoms with E-state index >= 15 is 0 Å². The fraction of sp³-hybridized carbons (Fsp3) is 0.154. The van der Waals surface area contributed by atoms with Gasteiger partial charge >= 0.3 is 5.97 Å². The van der Waals surface area contributed by atoms with Crippen molar-refractivity contribution in [3.05, 3.63) is 52.0 Å². The molecule has 21 heavy (non-hydrogen) atoms. The molecule has 1 heterocycles. The minimum absolute atomic E-state index is 0.243. The number of carbonyl (C=O) groups excluding carboxylic acids is 1. The summed E-state index contributed by atoms with van der Waals surface area (Å²) >= 11 is 3.07. The van der Waals surface area contributed by atoms with E-state index in [2.05, 4.69) is 26.3 Å². The molecule has 0 bridgehead atoms. The lowest BCUT2D eigenvalue weighted by Crippen LogP contribution is -2.34. The van der Waals surface area contributed by atoms with E-state index in [0.29, 0.717) is 5.56 Å². The number of nitrogens with one attached hydrogen (secondary N) is 1. The standard InChI is InChI=1S/C13H11BrFN3O3/c1-18-6-7(5-16-18)11(13(20)21)17-12(19)10-8(14)3-2-4-9(10)15/h2-6,11H,1H3,(H,17,19)(H,20,21). The van der Waals surface area contributed by atoms with Crippen LogP contribution in [0.5, 0.6) is 0 Å². The Kier molecular flexibility index (Phi) is 4.37. The normalized spacial score (nSPS) is 12.0. The number of carboxylic acid groups (broad SMARTS) is 1. The largest absolute Gasteiger partial charge is 0.479 e. The zero-order valence-electron chi connectivity index (χ0n) is 10.9. The van der Waals surface area contributed by atoms with Crippen molar-refractivity contribution in [2.24, 2.45) is 7.05 Å². The van der Waals surface area contributed by atoms with Crippen LogP contribution in [0.25, 0.3) is 0 Å². The molecule has 6 nitrogen and oxygen atoms in total. The van der Waals surface area contributed by atoms with Crippen LogP contribution in [0.3, 0.4) is 0 Å². The van der Waals surface area contributed by atoms with Crippen LogP contribution in [0.4, 0.5) is 4.39 Å². The van der Waals surface area contributed by atoms with Gasteiger partial charge in [-0.25, -0.2) is 9.18 Å². The lowest BCUT2D eigenvalue weighted by Gasteiger charge is -2.14. The van der Waals surface area contributed by atoms with Crippen molar-refractivity contribution in [1.29, 1.82) is 0 Å². The van der Waals surface area contributed by atoms with Gasteiger partial charge in [0, 0.05) is 23.3 Å². The van der Waals surface area contributed by atoms with Crippen LogP contribution in [0.15, 0.2) is 35.1 Å². The van der Waals surface area contributed by atoms with E-state index in [1.54, 1.807) is 7.05 Å². The Hall–Kier alpha value is -2.22. The molecule has 2 N–H and O–H groups in total. The number of carboxylic acids is 1. The van der Waals surface area contributed by atoms with Gasteiger partial charge in [-0.1, -0.05) is 6.07 Å². The van der Waals surface area contributed by atoms with Crippen molar-refractivity contribution in [1.82, 2.24) is 15.1 Å². The van der Waals surface area contributed by atoms with Gasteiger partial charge in [0.05, 0.1) is 11.8 Å². The van der Waals surface area contributed by atoms with Crippen LogP contribution in [0.2, 0.25) is 0 Å². The molecular formula is C13H11BrFN3O3. The highest BCUT2D eigenvalue weighted by Crippen LogP contribution is 2.21. The summed E-state index contributed by atoms with van der Waals surface area (Å²) < 4.78 is 15.4. The lowest BCUT2D eigenvalue weighted by molar-refractivity contribution is -0.139. The number of nitrogens with zero attached hydrogens (tertiary/aromatic N) is 2. The van der Waals surface area contributed by atoms with Crippen LogP contribution in [0, 0.1) is 5.82 Å².